The molecule has 0 spiro atoms. The molecule has 3 heterocycles. The summed E-state index contributed by atoms with van der Waals surface area (Å²) in [6.45, 7) is 7.92. The molecule has 0 saturated carbocycles. The average Bonchev–Trinajstić information content (AvgIpc) is 3.29. The summed E-state index contributed by atoms with van der Waals surface area (Å²) in [4.78, 5) is 28.1. The molecule has 7 heteroatoms. The number of carbonyl (C=O) groups is 2. The highest BCUT2D eigenvalue weighted by atomic mass is 16.6. The largest absolute Gasteiger partial charge is 0.489 e. The molecule has 2 bridgehead atoms. The van der Waals surface area contributed by atoms with Crippen molar-refractivity contribution in [3.8, 4) is 5.75 Å². The van der Waals surface area contributed by atoms with Gasteiger partial charge >= 0.3 is 6.09 Å². The van der Waals surface area contributed by atoms with Crippen LogP contribution in [0.3, 0.4) is 0 Å². The Morgan fingerprint density at radius 3 is 2.42 bits per heavy atom. The van der Waals surface area contributed by atoms with Gasteiger partial charge < -0.3 is 24.1 Å². The minimum Gasteiger partial charge on any atom is -0.489 e. The second-order valence-electron chi connectivity index (χ2n) is 10.9. The Balaban J connectivity index is 1.28. The molecular formula is C29H34N2O5. The monoisotopic (exact) mass is 490 g/mol. The van der Waals surface area contributed by atoms with Crippen molar-refractivity contribution in [2.24, 2.45) is 0 Å². The fraction of sp³-hybridized carbons (Fsp3) is 0.448. The van der Waals surface area contributed by atoms with Gasteiger partial charge in [0.1, 0.15) is 29.3 Å². The van der Waals surface area contributed by atoms with Crippen molar-refractivity contribution in [3.05, 3.63) is 65.4 Å². The third kappa shape index (κ3) is 5.06. The van der Waals surface area contributed by atoms with Crippen LogP contribution in [0.15, 0.2) is 52.9 Å². The number of furan rings is 1. The van der Waals surface area contributed by atoms with Gasteiger partial charge in [0.15, 0.2) is 0 Å². The summed E-state index contributed by atoms with van der Waals surface area (Å²) >= 11 is 0. The van der Waals surface area contributed by atoms with Gasteiger partial charge in [-0.15, -0.1) is 0 Å². The molecule has 3 atom stereocenters. The van der Waals surface area contributed by atoms with Gasteiger partial charge in [0, 0.05) is 23.5 Å². The lowest BCUT2D eigenvalue weighted by atomic mass is 9.97. The number of amides is 2. The van der Waals surface area contributed by atoms with Crippen LogP contribution in [0, 0.1) is 6.92 Å². The van der Waals surface area contributed by atoms with Crippen LogP contribution in [0.2, 0.25) is 0 Å². The van der Waals surface area contributed by atoms with E-state index in [9.17, 15) is 9.59 Å². The highest BCUT2D eigenvalue weighted by Gasteiger charge is 2.45. The standard InChI is InChI=1S/C29H34N2O5/c1-18-26(24-16-23(12-13-25(24)35-18)34-17-19-8-6-5-7-9-19)27(32)30-20-14-21-10-11-22(15-20)31(21)28(33)36-29(2,3)4/h5-9,12-13,16,20-22H,10-11,14-15,17H2,1-4H3,(H,30,32)/t20-,21+,22?/m0/s1. The first kappa shape index (κ1) is 24.2. The predicted molar refractivity (Wildman–Crippen MR) is 137 cm³/mol. The zero-order chi connectivity index (χ0) is 25.4. The van der Waals surface area contributed by atoms with Crippen LogP contribution in [0.5, 0.6) is 5.75 Å². The first-order chi connectivity index (χ1) is 17.2. The van der Waals surface area contributed by atoms with Crippen molar-refractivity contribution in [2.75, 3.05) is 0 Å². The van der Waals surface area contributed by atoms with Crippen molar-refractivity contribution >= 4 is 23.0 Å². The number of piperidine rings is 1. The molecule has 5 rings (SSSR count). The molecule has 0 radical (unpaired) electrons. The van der Waals surface area contributed by atoms with Gasteiger partial charge in [-0.3, -0.25) is 4.79 Å². The first-order valence-corrected chi connectivity index (χ1v) is 12.7. The Morgan fingerprint density at radius 2 is 1.75 bits per heavy atom. The van der Waals surface area contributed by atoms with E-state index < -0.39 is 5.60 Å². The van der Waals surface area contributed by atoms with E-state index in [0.717, 1.165) is 36.6 Å². The highest BCUT2D eigenvalue weighted by molar-refractivity contribution is 6.07. The normalized spacial score (nSPS) is 21.4. The van der Waals surface area contributed by atoms with E-state index >= 15 is 0 Å². The molecule has 1 aromatic heterocycles. The topological polar surface area (TPSA) is 81.0 Å². The second kappa shape index (κ2) is 9.52. The summed E-state index contributed by atoms with van der Waals surface area (Å²) in [5.41, 5.74) is 1.75. The van der Waals surface area contributed by atoms with Crippen molar-refractivity contribution < 1.29 is 23.5 Å². The summed E-state index contributed by atoms with van der Waals surface area (Å²) in [6.07, 6.45) is 3.07. The van der Waals surface area contributed by atoms with Crippen molar-refractivity contribution in [1.29, 1.82) is 0 Å². The number of fused-ring (bicyclic) bond motifs is 3. The number of ether oxygens (including phenoxy) is 2. The Bertz CT molecular complexity index is 1250. The van der Waals surface area contributed by atoms with Gasteiger partial charge in [-0.25, -0.2) is 4.79 Å². The number of nitrogens with one attached hydrogen (secondary N) is 1. The summed E-state index contributed by atoms with van der Waals surface area (Å²) < 4.78 is 17.5. The minimum atomic E-state index is -0.523. The maximum atomic E-state index is 13.4. The lowest BCUT2D eigenvalue weighted by Gasteiger charge is -2.39. The number of hydrogen-bond acceptors (Lipinski definition) is 5. The van der Waals surface area contributed by atoms with Crippen LogP contribution in [0.1, 0.15) is 68.1 Å². The molecule has 2 fully saturated rings. The molecule has 2 saturated heterocycles. The van der Waals surface area contributed by atoms with Crippen molar-refractivity contribution in [1.82, 2.24) is 10.2 Å². The third-order valence-electron chi connectivity index (χ3n) is 6.98. The van der Waals surface area contributed by atoms with E-state index in [1.54, 1.807) is 0 Å². The Labute approximate surface area is 211 Å². The molecule has 3 aromatic rings. The van der Waals surface area contributed by atoms with E-state index in [1.807, 2.05) is 81.1 Å². The molecule has 2 aliphatic rings. The van der Waals surface area contributed by atoms with Crippen LogP contribution in [0.25, 0.3) is 11.0 Å². The van der Waals surface area contributed by atoms with Gasteiger partial charge in [-0.2, -0.15) is 0 Å². The van der Waals surface area contributed by atoms with Gasteiger partial charge in [0.05, 0.1) is 5.56 Å². The quantitative estimate of drug-likeness (QED) is 0.476. The third-order valence-corrected chi connectivity index (χ3v) is 6.98. The molecule has 0 aliphatic carbocycles. The van der Waals surface area contributed by atoms with Crippen LogP contribution >= 0.6 is 0 Å². The number of carbonyl (C=O) groups excluding carboxylic acids is 2. The van der Waals surface area contributed by atoms with Gasteiger partial charge in [-0.05, 0) is 77.1 Å². The number of nitrogens with zero attached hydrogens (tertiary/aromatic N) is 1. The molecule has 2 aromatic carbocycles. The zero-order valence-electron chi connectivity index (χ0n) is 21.4. The van der Waals surface area contributed by atoms with Gasteiger partial charge in [0.25, 0.3) is 5.91 Å². The van der Waals surface area contributed by atoms with E-state index in [-0.39, 0.29) is 30.1 Å². The molecular weight excluding hydrogens is 456 g/mol. The summed E-state index contributed by atoms with van der Waals surface area (Å²) in [6, 6.07) is 15.7. The zero-order valence-corrected chi connectivity index (χ0v) is 21.4. The molecule has 190 valence electrons. The fourth-order valence-electron chi connectivity index (χ4n) is 5.48. The number of hydrogen-bond donors (Lipinski definition) is 1. The maximum absolute atomic E-state index is 13.4. The summed E-state index contributed by atoms with van der Waals surface area (Å²) in [5, 5.41) is 3.96. The molecule has 2 aliphatic heterocycles. The van der Waals surface area contributed by atoms with E-state index in [1.165, 1.54) is 0 Å². The fourth-order valence-corrected chi connectivity index (χ4v) is 5.48. The average molecular weight is 491 g/mol. The van der Waals surface area contributed by atoms with Crippen LogP contribution in [-0.4, -0.2) is 40.6 Å². The summed E-state index contributed by atoms with van der Waals surface area (Å²) in [5.74, 6) is 1.11. The molecule has 1 unspecified atom stereocenters. The molecule has 1 N–H and O–H groups in total. The number of rotatable bonds is 5. The lowest BCUT2D eigenvalue weighted by molar-refractivity contribution is 0.00500. The molecule has 7 nitrogen and oxygen atoms in total. The number of aryl methyl sites for hydroxylation is 1. The van der Waals surface area contributed by atoms with Crippen LogP contribution < -0.4 is 10.1 Å². The lowest BCUT2D eigenvalue weighted by Crippen LogP contribution is -2.53. The summed E-state index contributed by atoms with van der Waals surface area (Å²) in [7, 11) is 0. The smallest absolute Gasteiger partial charge is 0.410 e. The van der Waals surface area contributed by atoms with E-state index in [0.29, 0.717) is 29.3 Å². The minimum absolute atomic E-state index is 0.00412. The maximum Gasteiger partial charge on any atom is 0.410 e. The Morgan fingerprint density at radius 1 is 1.06 bits per heavy atom. The highest BCUT2D eigenvalue weighted by Crippen LogP contribution is 2.37. The SMILES string of the molecule is Cc1oc2ccc(OCc3ccccc3)cc2c1C(=O)N[C@@H]1CC2CC[C@H](C1)N2C(=O)OC(C)(C)C. The van der Waals surface area contributed by atoms with E-state index in [4.69, 9.17) is 13.9 Å². The number of benzene rings is 2. The predicted octanol–water partition coefficient (Wildman–Crippen LogP) is 5.98. The van der Waals surface area contributed by atoms with Crippen molar-refractivity contribution in [2.45, 2.75) is 83.7 Å². The van der Waals surface area contributed by atoms with Crippen LogP contribution in [0.4, 0.5) is 4.79 Å². The first-order valence-electron chi connectivity index (χ1n) is 12.7. The van der Waals surface area contributed by atoms with Gasteiger partial charge in [0.2, 0.25) is 0 Å². The molecule has 2 amide bonds. The van der Waals surface area contributed by atoms with Gasteiger partial charge in [-0.1, -0.05) is 30.3 Å². The second-order valence-corrected chi connectivity index (χ2v) is 10.9. The van der Waals surface area contributed by atoms with Crippen LogP contribution in [-0.2, 0) is 11.3 Å². The molecule has 36 heavy (non-hydrogen) atoms. The van der Waals surface area contributed by atoms with Crippen molar-refractivity contribution in [3.63, 3.8) is 0 Å². The van der Waals surface area contributed by atoms with E-state index in [2.05, 4.69) is 5.32 Å². The Kier molecular flexibility index (Phi) is 6.41. The Hall–Kier alpha value is -3.48.